The van der Waals surface area contributed by atoms with E-state index in [9.17, 15) is 24.8 Å². The van der Waals surface area contributed by atoms with Gasteiger partial charge in [-0.25, -0.2) is 10.2 Å². The number of hydrogen-bond donors (Lipinski definition) is 2. The van der Waals surface area contributed by atoms with Crippen LogP contribution < -0.4 is 10.2 Å². The molecule has 10 heteroatoms. The molecule has 0 aliphatic rings. The summed E-state index contributed by atoms with van der Waals surface area (Å²) in [5.74, 6) is -0.897. The number of phenolic OH excluding ortho intramolecular Hbond substituents is 1. The van der Waals surface area contributed by atoms with Gasteiger partial charge in [0.2, 0.25) is 0 Å². The Morgan fingerprint density at radius 2 is 1.96 bits per heavy atom. The Kier molecular flexibility index (Phi) is 7.03. The zero-order valence-corrected chi connectivity index (χ0v) is 14.8. The van der Waals surface area contributed by atoms with E-state index >= 15 is 0 Å². The Bertz CT molecular complexity index is 895. The number of nitrogens with one attached hydrogen (secondary N) is 1. The number of amides is 1. The van der Waals surface area contributed by atoms with E-state index < -0.39 is 16.8 Å². The van der Waals surface area contributed by atoms with Crippen LogP contribution in [0.15, 0.2) is 47.6 Å². The fourth-order valence-electron chi connectivity index (χ4n) is 2.02. The van der Waals surface area contributed by atoms with Crippen molar-refractivity contribution in [3.05, 3.63) is 63.7 Å². The van der Waals surface area contributed by atoms with Crippen molar-refractivity contribution in [2.75, 3.05) is 13.2 Å². The number of aromatic hydroxyl groups is 1. The summed E-state index contributed by atoms with van der Waals surface area (Å²) in [7, 11) is 0. The van der Waals surface area contributed by atoms with Crippen LogP contribution in [0.1, 0.15) is 22.8 Å². The summed E-state index contributed by atoms with van der Waals surface area (Å²) in [6, 6.07) is 9.47. The minimum Gasteiger partial charge on any atom is -0.507 e. The number of rotatable bonds is 8. The number of ether oxygens (including phenoxy) is 2. The molecule has 2 aromatic carbocycles. The van der Waals surface area contributed by atoms with Crippen molar-refractivity contribution < 1.29 is 29.1 Å². The van der Waals surface area contributed by atoms with Gasteiger partial charge in [-0.05, 0) is 37.3 Å². The molecule has 0 saturated heterocycles. The van der Waals surface area contributed by atoms with Crippen molar-refractivity contribution in [1.29, 1.82) is 0 Å². The topological polar surface area (TPSA) is 140 Å². The molecule has 0 unspecified atom stereocenters. The number of hydrogen-bond acceptors (Lipinski definition) is 8. The lowest BCUT2D eigenvalue weighted by Crippen LogP contribution is -2.24. The molecule has 0 saturated carbocycles. The number of nitro groups is 1. The van der Waals surface area contributed by atoms with Crippen molar-refractivity contribution in [3.8, 4) is 11.5 Å². The molecule has 0 radical (unpaired) electrons. The standard InChI is InChI=1S/C18H17N3O7/c1-2-27-18(24)12-3-6-15(7-4-12)28-11-17(23)20-19-10-13-9-14(21(25)26)5-8-16(13)22/h3-10,22H,2,11H2,1H3,(H,20,23)/b19-10+. The van der Waals surface area contributed by atoms with Crippen molar-refractivity contribution >= 4 is 23.8 Å². The summed E-state index contributed by atoms with van der Waals surface area (Å²) in [4.78, 5) is 33.4. The molecule has 0 aliphatic heterocycles. The van der Waals surface area contributed by atoms with Crippen molar-refractivity contribution in [3.63, 3.8) is 0 Å². The summed E-state index contributed by atoms with van der Waals surface area (Å²) in [5, 5.41) is 24.0. The quantitative estimate of drug-likeness (QED) is 0.305. The van der Waals surface area contributed by atoms with E-state index in [2.05, 4.69) is 10.5 Å². The fourth-order valence-corrected chi connectivity index (χ4v) is 2.02. The van der Waals surface area contributed by atoms with E-state index in [0.717, 1.165) is 24.4 Å². The van der Waals surface area contributed by atoms with Gasteiger partial charge in [0, 0.05) is 17.7 Å². The maximum atomic E-state index is 11.7. The lowest BCUT2D eigenvalue weighted by atomic mass is 10.2. The molecule has 2 rings (SSSR count). The first-order valence-electron chi connectivity index (χ1n) is 8.10. The Balaban J connectivity index is 1.86. The van der Waals surface area contributed by atoms with E-state index in [1.54, 1.807) is 6.92 Å². The van der Waals surface area contributed by atoms with Crippen LogP contribution in [-0.4, -0.2) is 41.3 Å². The summed E-state index contributed by atoms with van der Waals surface area (Å²) in [6.45, 7) is 1.62. The second kappa shape index (κ2) is 9.67. The molecule has 0 aliphatic carbocycles. The summed E-state index contributed by atoms with van der Waals surface area (Å²) < 4.78 is 10.1. The molecule has 0 atom stereocenters. The van der Waals surface area contributed by atoms with Crippen molar-refractivity contribution in [1.82, 2.24) is 5.43 Å². The number of phenols is 1. The molecule has 2 aromatic rings. The predicted molar refractivity (Wildman–Crippen MR) is 98.4 cm³/mol. The molecule has 0 bridgehead atoms. The van der Waals surface area contributed by atoms with Gasteiger partial charge in [0.25, 0.3) is 11.6 Å². The van der Waals surface area contributed by atoms with E-state index in [1.165, 1.54) is 24.3 Å². The van der Waals surface area contributed by atoms with Gasteiger partial charge in [-0.15, -0.1) is 0 Å². The van der Waals surface area contributed by atoms with Gasteiger partial charge >= 0.3 is 5.97 Å². The Labute approximate surface area is 159 Å². The number of esters is 1. The van der Waals surface area contributed by atoms with E-state index in [0.29, 0.717) is 11.3 Å². The molecule has 10 nitrogen and oxygen atoms in total. The molecule has 2 N–H and O–H groups in total. The molecule has 28 heavy (non-hydrogen) atoms. The third kappa shape index (κ3) is 5.80. The van der Waals surface area contributed by atoms with Crippen LogP contribution in [0.3, 0.4) is 0 Å². The van der Waals surface area contributed by atoms with Gasteiger partial charge in [-0.1, -0.05) is 0 Å². The number of carbonyl (C=O) groups is 2. The van der Waals surface area contributed by atoms with Gasteiger partial charge < -0.3 is 14.6 Å². The highest BCUT2D eigenvalue weighted by Crippen LogP contribution is 2.21. The first-order chi connectivity index (χ1) is 13.4. The van der Waals surface area contributed by atoms with Crippen LogP contribution in [0.25, 0.3) is 0 Å². The number of benzene rings is 2. The van der Waals surface area contributed by atoms with E-state index in [4.69, 9.17) is 9.47 Å². The first-order valence-corrected chi connectivity index (χ1v) is 8.10. The van der Waals surface area contributed by atoms with Crippen molar-refractivity contribution in [2.45, 2.75) is 6.92 Å². The number of non-ortho nitro benzene ring substituents is 1. The first kappa shape index (κ1) is 20.4. The Hall–Kier alpha value is -3.95. The van der Waals surface area contributed by atoms with Crippen molar-refractivity contribution in [2.24, 2.45) is 5.10 Å². The zero-order valence-electron chi connectivity index (χ0n) is 14.8. The van der Waals surface area contributed by atoms with Crippen LogP contribution in [-0.2, 0) is 9.53 Å². The summed E-state index contributed by atoms with van der Waals surface area (Å²) >= 11 is 0. The highest BCUT2D eigenvalue weighted by Gasteiger charge is 2.09. The second-order valence-electron chi connectivity index (χ2n) is 5.33. The highest BCUT2D eigenvalue weighted by atomic mass is 16.6. The predicted octanol–water partition coefficient (Wildman–Crippen LogP) is 2.01. The van der Waals surface area contributed by atoms with Gasteiger partial charge in [-0.2, -0.15) is 5.10 Å². The average molecular weight is 387 g/mol. The lowest BCUT2D eigenvalue weighted by Gasteiger charge is -2.06. The van der Waals surface area contributed by atoms with Crippen LogP contribution in [0.2, 0.25) is 0 Å². The summed E-state index contributed by atoms with van der Waals surface area (Å²) in [6.07, 6.45) is 1.08. The number of hydrazone groups is 1. The third-order valence-electron chi connectivity index (χ3n) is 3.35. The lowest BCUT2D eigenvalue weighted by molar-refractivity contribution is -0.384. The van der Waals surface area contributed by atoms with Crippen LogP contribution >= 0.6 is 0 Å². The Morgan fingerprint density at radius 3 is 2.61 bits per heavy atom. The molecular weight excluding hydrogens is 370 g/mol. The van der Waals surface area contributed by atoms with E-state index in [1.807, 2.05) is 0 Å². The minimum absolute atomic E-state index is 0.0740. The Morgan fingerprint density at radius 1 is 1.25 bits per heavy atom. The average Bonchev–Trinajstić information content (AvgIpc) is 2.68. The van der Waals surface area contributed by atoms with Crippen LogP contribution in [0.5, 0.6) is 11.5 Å². The summed E-state index contributed by atoms with van der Waals surface area (Å²) in [5.41, 5.74) is 2.39. The number of carbonyl (C=O) groups excluding carboxylic acids is 2. The molecule has 0 fully saturated rings. The van der Waals surface area contributed by atoms with Gasteiger partial charge in [0.15, 0.2) is 6.61 Å². The van der Waals surface area contributed by atoms with Crippen LogP contribution in [0, 0.1) is 10.1 Å². The molecular formula is C18H17N3O7. The third-order valence-corrected chi connectivity index (χ3v) is 3.35. The number of nitro benzene ring substituents is 1. The maximum absolute atomic E-state index is 11.7. The van der Waals surface area contributed by atoms with E-state index in [-0.39, 0.29) is 30.2 Å². The van der Waals surface area contributed by atoms with Crippen LogP contribution in [0.4, 0.5) is 5.69 Å². The minimum atomic E-state index is -0.615. The fraction of sp³-hybridized carbons (Fsp3) is 0.167. The SMILES string of the molecule is CCOC(=O)c1ccc(OCC(=O)N/N=C/c2cc([N+](=O)[O-])ccc2O)cc1. The highest BCUT2D eigenvalue weighted by molar-refractivity contribution is 5.89. The van der Waals surface area contributed by atoms with Gasteiger partial charge in [-0.3, -0.25) is 14.9 Å². The molecule has 146 valence electrons. The van der Waals surface area contributed by atoms with Gasteiger partial charge in [0.1, 0.15) is 11.5 Å². The normalized spacial score (nSPS) is 10.5. The molecule has 0 aromatic heterocycles. The largest absolute Gasteiger partial charge is 0.507 e. The smallest absolute Gasteiger partial charge is 0.338 e. The molecule has 1 amide bonds. The molecule has 0 heterocycles. The van der Waals surface area contributed by atoms with Gasteiger partial charge in [0.05, 0.1) is 23.3 Å². The zero-order chi connectivity index (χ0) is 20.5. The second-order valence-corrected chi connectivity index (χ2v) is 5.33. The maximum Gasteiger partial charge on any atom is 0.338 e. The monoisotopic (exact) mass is 387 g/mol. The molecule has 0 spiro atoms. The number of nitrogens with zero attached hydrogens (tertiary/aromatic N) is 2.